The molecule has 0 aromatic heterocycles. The second-order valence-electron chi connectivity index (χ2n) is 3.15. The van der Waals surface area contributed by atoms with Crippen molar-refractivity contribution >= 4 is 0 Å². The Balaban J connectivity index is 3.04. The summed E-state index contributed by atoms with van der Waals surface area (Å²) < 4.78 is 13.5. The summed E-state index contributed by atoms with van der Waals surface area (Å²) in [5, 5.41) is 8.41. The number of benzene rings is 1. The minimum atomic E-state index is -0.157. The van der Waals surface area contributed by atoms with E-state index < -0.39 is 0 Å². The highest BCUT2D eigenvalue weighted by Gasteiger charge is 2.07. The number of hydrogen-bond donors (Lipinski definition) is 0. The lowest BCUT2D eigenvalue weighted by Crippen LogP contribution is -1.96. The molecule has 1 aromatic carbocycles. The maximum atomic E-state index is 13.5. The summed E-state index contributed by atoms with van der Waals surface area (Å²) in [6.45, 7) is 3.61. The van der Waals surface area contributed by atoms with Crippen LogP contribution >= 0.6 is 0 Å². The van der Waals surface area contributed by atoms with Gasteiger partial charge in [0, 0.05) is 6.42 Å². The molecular weight excluding hydrogens is 165 g/mol. The van der Waals surface area contributed by atoms with Gasteiger partial charge in [-0.1, -0.05) is 12.1 Å². The second kappa shape index (κ2) is 4.04. The second-order valence-corrected chi connectivity index (χ2v) is 3.15. The van der Waals surface area contributed by atoms with E-state index in [1.807, 2.05) is 19.1 Å². The minimum absolute atomic E-state index is 0.157. The van der Waals surface area contributed by atoms with Crippen LogP contribution in [0.2, 0.25) is 0 Å². The summed E-state index contributed by atoms with van der Waals surface area (Å²) in [5.74, 6) is -0.157. The topological polar surface area (TPSA) is 23.8 Å². The Kier molecular flexibility index (Phi) is 3.02. The van der Waals surface area contributed by atoms with Gasteiger partial charge >= 0.3 is 0 Å². The van der Waals surface area contributed by atoms with Crippen LogP contribution in [0.1, 0.15) is 23.1 Å². The Morgan fingerprint density at radius 3 is 2.54 bits per heavy atom. The zero-order valence-corrected chi connectivity index (χ0v) is 7.89. The number of aryl methyl sites for hydroxylation is 2. The highest BCUT2D eigenvalue weighted by molar-refractivity contribution is 5.32. The van der Waals surface area contributed by atoms with Gasteiger partial charge in [-0.05, 0) is 37.0 Å². The summed E-state index contributed by atoms with van der Waals surface area (Å²) in [5.41, 5.74) is 2.26. The van der Waals surface area contributed by atoms with Gasteiger partial charge in [0.15, 0.2) is 0 Å². The molecule has 0 saturated carbocycles. The summed E-state index contributed by atoms with van der Waals surface area (Å²) in [6, 6.07) is 5.68. The van der Waals surface area contributed by atoms with Crippen molar-refractivity contribution in [3.63, 3.8) is 0 Å². The molecule has 0 radical (unpaired) electrons. The number of halogens is 1. The molecule has 0 saturated heterocycles. The van der Waals surface area contributed by atoms with E-state index in [0.717, 1.165) is 5.56 Å². The Bertz CT molecular complexity index is 350. The van der Waals surface area contributed by atoms with Gasteiger partial charge < -0.3 is 0 Å². The molecule has 1 aromatic rings. The quantitative estimate of drug-likeness (QED) is 0.681. The standard InChI is InChI=1S/C11H12FN/c1-8-5-6-9(2)11(12)10(8)4-3-7-13/h5-6H,3-4H2,1-2H3. The third-order valence-corrected chi connectivity index (χ3v) is 2.16. The van der Waals surface area contributed by atoms with Crippen LogP contribution in [0.3, 0.4) is 0 Å². The van der Waals surface area contributed by atoms with Crippen molar-refractivity contribution in [3.8, 4) is 6.07 Å². The maximum absolute atomic E-state index is 13.5. The van der Waals surface area contributed by atoms with Gasteiger partial charge in [-0.2, -0.15) is 5.26 Å². The van der Waals surface area contributed by atoms with E-state index in [9.17, 15) is 4.39 Å². The smallest absolute Gasteiger partial charge is 0.129 e. The van der Waals surface area contributed by atoms with Crippen molar-refractivity contribution < 1.29 is 4.39 Å². The number of rotatable bonds is 2. The SMILES string of the molecule is Cc1ccc(C)c(CCC#N)c1F. The molecule has 0 heterocycles. The Morgan fingerprint density at radius 2 is 1.92 bits per heavy atom. The van der Waals surface area contributed by atoms with Crippen LogP contribution in [0.25, 0.3) is 0 Å². The molecule has 0 atom stereocenters. The van der Waals surface area contributed by atoms with Crippen LogP contribution in [0, 0.1) is 31.0 Å². The van der Waals surface area contributed by atoms with Gasteiger partial charge in [-0.25, -0.2) is 4.39 Å². The van der Waals surface area contributed by atoms with Crippen LogP contribution in [0.5, 0.6) is 0 Å². The predicted molar refractivity (Wildman–Crippen MR) is 49.8 cm³/mol. The third kappa shape index (κ3) is 2.06. The van der Waals surface area contributed by atoms with Crippen molar-refractivity contribution in [2.45, 2.75) is 26.7 Å². The third-order valence-electron chi connectivity index (χ3n) is 2.16. The van der Waals surface area contributed by atoms with Gasteiger partial charge in [-0.3, -0.25) is 0 Å². The van der Waals surface area contributed by atoms with Gasteiger partial charge in [0.1, 0.15) is 5.82 Å². The zero-order valence-electron chi connectivity index (χ0n) is 7.89. The van der Waals surface area contributed by atoms with E-state index in [0.29, 0.717) is 24.0 Å². The van der Waals surface area contributed by atoms with E-state index in [2.05, 4.69) is 0 Å². The van der Waals surface area contributed by atoms with Gasteiger partial charge in [0.25, 0.3) is 0 Å². The Morgan fingerprint density at radius 1 is 1.31 bits per heavy atom. The first kappa shape index (κ1) is 9.73. The molecule has 13 heavy (non-hydrogen) atoms. The summed E-state index contributed by atoms with van der Waals surface area (Å²) >= 11 is 0. The molecule has 0 bridgehead atoms. The minimum Gasteiger partial charge on any atom is -0.206 e. The Hall–Kier alpha value is -1.36. The van der Waals surface area contributed by atoms with Crippen molar-refractivity contribution in [1.29, 1.82) is 5.26 Å². The van der Waals surface area contributed by atoms with Crippen molar-refractivity contribution in [2.24, 2.45) is 0 Å². The molecule has 1 nitrogen and oxygen atoms in total. The molecule has 0 amide bonds. The van der Waals surface area contributed by atoms with E-state index in [1.165, 1.54) is 0 Å². The zero-order chi connectivity index (χ0) is 9.84. The van der Waals surface area contributed by atoms with Crippen molar-refractivity contribution in [1.82, 2.24) is 0 Å². The lowest BCUT2D eigenvalue weighted by molar-refractivity contribution is 0.598. The first-order valence-corrected chi connectivity index (χ1v) is 4.28. The van der Waals surface area contributed by atoms with E-state index >= 15 is 0 Å². The maximum Gasteiger partial charge on any atom is 0.129 e. The van der Waals surface area contributed by atoms with Gasteiger partial charge in [0.2, 0.25) is 0 Å². The van der Waals surface area contributed by atoms with E-state index in [-0.39, 0.29) is 5.82 Å². The van der Waals surface area contributed by atoms with E-state index in [4.69, 9.17) is 5.26 Å². The molecule has 0 aliphatic carbocycles. The van der Waals surface area contributed by atoms with Crippen molar-refractivity contribution in [2.75, 3.05) is 0 Å². The van der Waals surface area contributed by atoms with Crippen LogP contribution < -0.4 is 0 Å². The summed E-state index contributed by atoms with van der Waals surface area (Å²) in [4.78, 5) is 0. The van der Waals surface area contributed by atoms with Crippen LogP contribution in [0.4, 0.5) is 4.39 Å². The fourth-order valence-corrected chi connectivity index (χ4v) is 1.32. The number of nitriles is 1. The molecule has 0 fully saturated rings. The average Bonchev–Trinajstić information content (AvgIpc) is 2.12. The van der Waals surface area contributed by atoms with E-state index in [1.54, 1.807) is 13.0 Å². The highest BCUT2D eigenvalue weighted by Crippen LogP contribution is 2.17. The first-order valence-electron chi connectivity index (χ1n) is 4.28. The summed E-state index contributed by atoms with van der Waals surface area (Å²) in [6.07, 6.45) is 0.886. The molecule has 1 rings (SSSR count). The predicted octanol–water partition coefficient (Wildman–Crippen LogP) is 2.90. The number of hydrogen-bond acceptors (Lipinski definition) is 1. The molecule has 2 heteroatoms. The molecule has 0 N–H and O–H groups in total. The monoisotopic (exact) mass is 177 g/mol. The lowest BCUT2D eigenvalue weighted by Gasteiger charge is -2.07. The molecule has 0 aliphatic rings. The largest absolute Gasteiger partial charge is 0.206 e. The molecule has 0 aliphatic heterocycles. The van der Waals surface area contributed by atoms with Crippen LogP contribution in [-0.4, -0.2) is 0 Å². The average molecular weight is 177 g/mol. The number of nitrogens with zero attached hydrogens (tertiary/aromatic N) is 1. The fourth-order valence-electron chi connectivity index (χ4n) is 1.32. The molecule has 68 valence electrons. The Labute approximate surface area is 77.8 Å². The molecule has 0 spiro atoms. The summed E-state index contributed by atoms with van der Waals surface area (Å²) in [7, 11) is 0. The van der Waals surface area contributed by atoms with Crippen LogP contribution in [-0.2, 0) is 6.42 Å². The lowest BCUT2D eigenvalue weighted by atomic mass is 10.0. The highest BCUT2D eigenvalue weighted by atomic mass is 19.1. The molecule has 0 unspecified atom stereocenters. The van der Waals surface area contributed by atoms with Crippen molar-refractivity contribution in [3.05, 3.63) is 34.6 Å². The fraction of sp³-hybridized carbons (Fsp3) is 0.364. The van der Waals surface area contributed by atoms with Gasteiger partial charge in [-0.15, -0.1) is 0 Å². The van der Waals surface area contributed by atoms with Crippen LogP contribution in [0.15, 0.2) is 12.1 Å². The first-order chi connectivity index (χ1) is 6.16. The normalized spacial score (nSPS) is 9.69. The van der Waals surface area contributed by atoms with Gasteiger partial charge in [0.05, 0.1) is 6.07 Å². The molecular formula is C11H12FN.